The number of nitrogens with one attached hydrogen (secondary N) is 2. The quantitative estimate of drug-likeness (QED) is 0.728. The summed E-state index contributed by atoms with van der Waals surface area (Å²) in [6, 6.07) is 1.36. The molecule has 8 nitrogen and oxygen atoms in total. The monoisotopic (exact) mass is 360 g/mol. The zero-order valence-corrected chi connectivity index (χ0v) is 12.5. The normalized spacial score (nSPS) is 15.4. The van der Waals surface area contributed by atoms with Gasteiger partial charge in [0.1, 0.15) is 0 Å². The van der Waals surface area contributed by atoms with E-state index in [2.05, 4.69) is 9.72 Å². The van der Waals surface area contributed by atoms with Crippen LogP contribution in [0.3, 0.4) is 0 Å². The van der Waals surface area contributed by atoms with Crippen molar-refractivity contribution in [1.29, 1.82) is 0 Å². The first-order valence-corrected chi connectivity index (χ1v) is 6.67. The minimum absolute atomic E-state index is 0.184. The van der Waals surface area contributed by atoms with Crippen LogP contribution < -0.4 is 21.4 Å². The van der Waals surface area contributed by atoms with E-state index in [1.807, 2.05) is 5.32 Å². The van der Waals surface area contributed by atoms with Crippen molar-refractivity contribution in [3.05, 3.63) is 43.7 Å². The van der Waals surface area contributed by atoms with Crippen molar-refractivity contribution in [1.82, 2.24) is 14.1 Å². The number of aromatic amines is 1. The zero-order chi connectivity index (χ0) is 17.8. The van der Waals surface area contributed by atoms with Crippen molar-refractivity contribution in [2.24, 2.45) is 7.05 Å². The van der Waals surface area contributed by atoms with Gasteiger partial charge in [-0.2, -0.15) is 8.78 Å². The lowest BCUT2D eigenvalue weighted by Crippen LogP contribution is -2.44. The Bertz CT molecular complexity index is 1060. The number of carbonyl (C=O) groups is 1. The number of anilines is 1. The second-order valence-electron chi connectivity index (χ2n) is 4.79. The molecule has 24 heavy (non-hydrogen) atoms. The Morgan fingerprint density at radius 1 is 1.25 bits per heavy atom. The van der Waals surface area contributed by atoms with Gasteiger partial charge in [0, 0.05) is 13.1 Å². The van der Waals surface area contributed by atoms with Crippen LogP contribution in [0.25, 0.3) is 5.69 Å². The van der Waals surface area contributed by atoms with Gasteiger partial charge in [0.2, 0.25) is 0 Å². The van der Waals surface area contributed by atoms with Crippen LogP contribution in [0.2, 0.25) is 0 Å². The lowest BCUT2D eigenvalue weighted by Gasteiger charge is -2.25. The Labute approximate surface area is 135 Å². The number of ether oxygens (including phenoxy) is 1. The van der Waals surface area contributed by atoms with Crippen molar-refractivity contribution in [3.63, 3.8) is 0 Å². The molecule has 0 saturated carbocycles. The van der Waals surface area contributed by atoms with E-state index < -0.39 is 40.6 Å². The van der Waals surface area contributed by atoms with Crippen LogP contribution in [0.15, 0.2) is 21.7 Å². The standard InChI is InChI=1S/C12H7F3N4O4S/c1-18-10(24)17-9(21)19(11(18)22)6-3-5-7(2-4(6)13)23-12(14,15)8(20)16-5/h2-3H,1H3,(H,16,20)(H,17,21,24). The lowest BCUT2D eigenvalue weighted by molar-refractivity contribution is -0.189. The fraction of sp³-hybridized carbons (Fsp3) is 0.167. The number of hydrogen-bond acceptors (Lipinski definition) is 5. The Morgan fingerprint density at radius 2 is 1.92 bits per heavy atom. The molecule has 0 unspecified atom stereocenters. The highest BCUT2D eigenvalue weighted by molar-refractivity contribution is 7.71. The predicted octanol–water partition coefficient (Wildman–Crippen LogP) is 0.657. The number of halogens is 3. The van der Waals surface area contributed by atoms with Crippen LogP contribution in [-0.4, -0.2) is 26.1 Å². The highest BCUT2D eigenvalue weighted by Crippen LogP contribution is 2.37. The second kappa shape index (κ2) is 5.06. The minimum Gasteiger partial charge on any atom is -0.423 e. The van der Waals surface area contributed by atoms with Crippen LogP contribution >= 0.6 is 12.2 Å². The first-order chi connectivity index (χ1) is 11.1. The number of H-pyrrole nitrogens is 1. The average molecular weight is 360 g/mol. The Morgan fingerprint density at radius 3 is 2.58 bits per heavy atom. The Kier molecular flexibility index (Phi) is 3.37. The average Bonchev–Trinajstić information content (AvgIpc) is 2.47. The van der Waals surface area contributed by atoms with E-state index in [9.17, 15) is 27.6 Å². The smallest absolute Gasteiger partial charge is 0.423 e. The topological polar surface area (TPSA) is 98.1 Å². The number of fused-ring (bicyclic) bond motifs is 1. The third kappa shape index (κ3) is 2.31. The van der Waals surface area contributed by atoms with Gasteiger partial charge in [-0.3, -0.25) is 14.3 Å². The lowest BCUT2D eigenvalue weighted by atomic mass is 10.2. The second-order valence-corrected chi connectivity index (χ2v) is 5.17. The molecule has 0 aliphatic carbocycles. The van der Waals surface area contributed by atoms with E-state index in [4.69, 9.17) is 12.2 Å². The van der Waals surface area contributed by atoms with E-state index >= 15 is 0 Å². The summed E-state index contributed by atoms with van der Waals surface area (Å²) in [6.45, 7) is 0. The first-order valence-electron chi connectivity index (χ1n) is 6.26. The van der Waals surface area contributed by atoms with Gasteiger partial charge in [-0.05, 0) is 18.3 Å². The van der Waals surface area contributed by atoms with Crippen LogP contribution in [0.5, 0.6) is 5.75 Å². The molecular weight excluding hydrogens is 353 g/mol. The largest absolute Gasteiger partial charge is 0.482 e. The molecular formula is C12H7F3N4O4S. The third-order valence-electron chi connectivity index (χ3n) is 3.24. The van der Waals surface area contributed by atoms with E-state index in [1.54, 1.807) is 0 Å². The molecule has 12 heteroatoms. The van der Waals surface area contributed by atoms with Crippen LogP contribution in [0.1, 0.15) is 0 Å². The Hall–Kier alpha value is -2.89. The van der Waals surface area contributed by atoms with E-state index in [0.717, 1.165) is 10.6 Å². The molecule has 1 aliphatic rings. The number of amides is 1. The molecule has 3 rings (SSSR count). The fourth-order valence-electron chi connectivity index (χ4n) is 2.04. The SMILES string of the molecule is Cn1c(=S)[nH]c(=O)n(-c2cc3c(cc2F)OC(F)(F)C(=O)N3)c1=O. The predicted molar refractivity (Wildman–Crippen MR) is 76.6 cm³/mol. The number of benzene rings is 1. The van der Waals surface area contributed by atoms with Crippen molar-refractivity contribution in [2.75, 3.05) is 5.32 Å². The summed E-state index contributed by atoms with van der Waals surface area (Å²) in [6.07, 6.45) is -4.16. The molecule has 0 saturated heterocycles. The van der Waals surface area contributed by atoms with Crippen LogP contribution in [0.4, 0.5) is 18.9 Å². The molecule has 0 spiro atoms. The van der Waals surface area contributed by atoms with Gasteiger partial charge < -0.3 is 10.1 Å². The fourth-order valence-corrected chi connectivity index (χ4v) is 2.21. The van der Waals surface area contributed by atoms with Gasteiger partial charge in [0.25, 0.3) is 0 Å². The van der Waals surface area contributed by atoms with Gasteiger partial charge >= 0.3 is 23.4 Å². The molecule has 1 aromatic carbocycles. The summed E-state index contributed by atoms with van der Waals surface area (Å²) in [5.41, 5.74) is -2.88. The van der Waals surface area contributed by atoms with Gasteiger partial charge in [-0.15, -0.1) is 0 Å². The van der Waals surface area contributed by atoms with Gasteiger partial charge in [0.15, 0.2) is 16.3 Å². The number of hydrogen-bond donors (Lipinski definition) is 2. The molecule has 1 aliphatic heterocycles. The molecule has 2 N–H and O–H groups in total. The maximum atomic E-state index is 14.2. The van der Waals surface area contributed by atoms with Crippen molar-refractivity contribution >= 4 is 23.8 Å². The van der Waals surface area contributed by atoms with Crippen molar-refractivity contribution in [2.45, 2.75) is 6.11 Å². The number of nitrogens with zero attached hydrogens (tertiary/aromatic N) is 2. The number of alkyl halides is 2. The number of carbonyl (C=O) groups excluding carboxylic acids is 1. The highest BCUT2D eigenvalue weighted by atomic mass is 32.1. The Balaban J connectivity index is 2.27. The van der Waals surface area contributed by atoms with E-state index in [0.29, 0.717) is 10.6 Å². The maximum Gasteiger partial charge on any atom is 0.482 e. The zero-order valence-electron chi connectivity index (χ0n) is 11.7. The molecule has 1 amide bonds. The van der Waals surface area contributed by atoms with Gasteiger partial charge in [-0.1, -0.05) is 0 Å². The van der Waals surface area contributed by atoms with Gasteiger partial charge in [-0.25, -0.2) is 18.5 Å². The maximum absolute atomic E-state index is 14.2. The first kappa shape index (κ1) is 16.0. The number of rotatable bonds is 1. The molecule has 126 valence electrons. The molecule has 0 radical (unpaired) electrons. The van der Waals surface area contributed by atoms with E-state index in [1.165, 1.54) is 7.05 Å². The van der Waals surface area contributed by atoms with E-state index in [-0.39, 0.29) is 10.5 Å². The molecule has 0 bridgehead atoms. The van der Waals surface area contributed by atoms with Gasteiger partial charge in [0.05, 0.1) is 11.4 Å². The summed E-state index contributed by atoms with van der Waals surface area (Å²) in [5.74, 6) is -3.60. The third-order valence-corrected chi connectivity index (χ3v) is 3.62. The summed E-state index contributed by atoms with van der Waals surface area (Å²) in [7, 11) is 1.25. The number of aromatic nitrogens is 3. The minimum atomic E-state index is -4.16. The molecule has 0 atom stereocenters. The van der Waals surface area contributed by atoms with Crippen LogP contribution in [0, 0.1) is 10.6 Å². The molecule has 2 heterocycles. The summed E-state index contributed by atoms with van der Waals surface area (Å²) < 4.78 is 45.8. The van der Waals surface area contributed by atoms with Crippen molar-refractivity contribution < 1.29 is 22.7 Å². The molecule has 0 fully saturated rings. The van der Waals surface area contributed by atoms with Crippen LogP contribution in [-0.2, 0) is 11.8 Å². The summed E-state index contributed by atoms with van der Waals surface area (Å²) >= 11 is 4.75. The highest BCUT2D eigenvalue weighted by Gasteiger charge is 2.46. The molecule has 2 aromatic rings. The summed E-state index contributed by atoms with van der Waals surface area (Å²) in [5, 5.41) is 1.82. The summed E-state index contributed by atoms with van der Waals surface area (Å²) in [4.78, 5) is 37.4. The van der Waals surface area contributed by atoms with Crippen molar-refractivity contribution in [3.8, 4) is 11.4 Å². The molecule has 1 aromatic heterocycles.